The van der Waals surface area contributed by atoms with Gasteiger partial charge in [0.15, 0.2) is 0 Å². The smallest absolute Gasteiger partial charge is 0.375 e. The fourth-order valence-electron chi connectivity index (χ4n) is 2.84. The lowest BCUT2D eigenvalue weighted by Crippen LogP contribution is -2.38. The Balaban J connectivity index is 2.37. The standard InChI is InChI=1S/C16H21F3N2O2/c1-11-5-3-4-8-21(11)14-7-6-12(16(17,18)19)9-13(14)20-15(22)10-23-2/h6-7,9,11H,3-5,8,10H2,1-2H3,(H,20,22). The van der Waals surface area contributed by atoms with Crippen LogP contribution >= 0.6 is 0 Å². The molecule has 0 bridgehead atoms. The van der Waals surface area contributed by atoms with Gasteiger partial charge in [-0.2, -0.15) is 13.2 Å². The van der Waals surface area contributed by atoms with Gasteiger partial charge >= 0.3 is 6.18 Å². The van der Waals surface area contributed by atoms with Gasteiger partial charge in [-0.3, -0.25) is 4.79 Å². The number of nitrogens with one attached hydrogen (secondary N) is 1. The number of nitrogens with zero attached hydrogens (tertiary/aromatic N) is 1. The zero-order chi connectivity index (χ0) is 17.0. The molecule has 1 aromatic carbocycles. The number of halogens is 3. The monoisotopic (exact) mass is 330 g/mol. The van der Waals surface area contributed by atoms with Crippen LogP contribution in [0.15, 0.2) is 18.2 Å². The summed E-state index contributed by atoms with van der Waals surface area (Å²) >= 11 is 0. The number of ether oxygens (including phenoxy) is 1. The van der Waals surface area contributed by atoms with E-state index in [-0.39, 0.29) is 18.3 Å². The molecule has 1 unspecified atom stereocenters. The van der Waals surface area contributed by atoms with Crippen molar-refractivity contribution in [1.29, 1.82) is 0 Å². The molecular formula is C16H21F3N2O2. The second kappa shape index (κ2) is 7.21. The number of methoxy groups -OCH3 is 1. The third kappa shape index (κ3) is 4.37. The first-order chi connectivity index (χ1) is 10.8. The van der Waals surface area contributed by atoms with Crippen LogP contribution in [0.25, 0.3) is 0 Å². The quantitative estimate of drug-likeness (QED) is 0.916. The first kappa shape index (κ1) is 17.6. The molecule has 1 fully saturated rings. The van der Waals surface area contributed by atoms with Crippen molar-refractivity contribution in [2.24, 2.45) is 0 Å². The molecule has 1 aliphatic heterocycles. The molecule has 2 rings (SSSR count). The lowest BCUT2D eigenvalue weighted by atomic mass is 10.0. The average molecular weight is 330 g/mol. The molecule has 1 aromatic rings. The zero-order valence-corrected chi connectivity index (χ0v) is 13.2. The van der Waals surface area contributed by atoms with E-state index < -0.39 is 17.6 Å². The van der Waals surface area contributed by atoms with E-state index in [0.29, 0.717) is 5.69 Å². The molecule has 0 spiro atoms. The molecule has 0 saturated carbocycles. The van der Waals surface area contributed by atoms with E-state index in [9.17, 15) is 18.0 Å². The number of anilines is 2. The van der Waals surface area contributed by atoms with Gasteiger partial charge < -0.3 is 15.0 Å². The van der Waals surface area contributed by atoms with E-state index in [1.165, 1.54) is 13.2 Å². The zero-order valence-electron chi connectivity index (χ0n) is 13.2. The van der Waals surface area contributed by atoms with Crippen molar-refractivity contribution < 1.29 is 22.7 Å². The van der Waals surface area contributed by atoms with E-state index >= 15 is 0 Å². The Morgan fingerprint density at radius 1 is 1.39 bits per heavy atom. The molecule has 1 aliphatic rings. The summed E-state index contributed by atoms with van der Waals surface area (Å²) in [6.45, 7) is 2.60. The van der Waals surface area contributed by atoms with Crippen LogP contribution in [0.5, 0.6) is 0 Å². The molecule has 4 nitrogen and oxygen atoms in total. The van der Waals surface area contributed by atoms with Crippen molar-refractivity contribution in [3.8, 4) is 0 Å². The average Bonchev–Trinajstić information content (AvgIpc) is 2.47. The van der Waals surface area contributed by atoms with Gasteiger partial charge in [-0.15, -0.1) is 0 Å². The fraction of sp³-hybridized carbons (Fsp3) is 0.562. The minimum Gasteiger partial charge on any atom is -0.375 e. The molecular weight excluding hydrogens is 309 g/mol. The topological polar surface area (TPSA) is 41.6 Å². The molecule has 1 amide bonds. The Bertz CT molecular complexity index is 561. The lowest BCUT2D eigenvalue weighted by molar-refractivity contribution is -0.137. The SMILES string of the molecule is COCC(=O)Nc1cc(C(F)(F)F)ccc1N1CCCCC1C. The van der Waals surface area contributed by atoms with Gasteiger partial charge in [0.05, 0.1) is 16.9 Å². The van der Waals surface area contributed by atoms with Crippen molar-refractivity contribution >= 4 is 17.3 Å². The third-order valence-corrected chi connectivity index (χ3v) is 3.99. The normalized spacial score (nSPS) is 18.8. The maximum atomic E-state index is 13.0. The number of rotatable bonds is 4. The highest BCUT2D eigenvalue weighted by molar-refractivity contribution is 5.95. The number of amides is 1. The summed E-state index contributed by atoms with van der Waals surface area (Å²) in [5, 5.41) is 2.54. The molecule has 7 heteroatoms. The summed E-state index contributed by atoms with van der Waals surface area (Å²) in [6.07, 6.45) is -1.39. The minimum atomic E-state index is -4.45. The number of carbonyl (C=O) groups excluding carboxylic acids is 1. The van der Waals surface area contributed by atoms with Crippen LogP contribution in [0.4, 0.5) is 24.5 Å². The highest BCUT2D eigenvalue weighted by Gasteiger charge is 2.32. The minimum absolute atomic E-state index is 0.177. The summed E-state index contributed by atoms with van der Waals surface area (Å²) in [4.78, 5) is 13.8. The van der Waals surface area contributed by atoms with Gasteiger partial charge in [0.25, 0.3) is 0 Å². The number of benzene rings is 1. The van der Waals surface area contributed by atoms with Crippen molar-refractivity contribution in [2.45, 2.75) is 38.4 Å². The molecule has 1 saturated heterocycles. The number of hydrogen-bond acceptors (Lipinski definition) is 3. The van der Waals surface area contributed by atoms with E-state index in [1.807, 2.05) is 11.8 Å². The summed E-state index contributed by atoms with van der Waals surface area (Å²) in [5.74, 6) is -0.474. The van der Waals surface area contributed by atoms with Crippen LogP contribution in [0.3, 0.4) is 0 Å². The van der Waals surface area contributed by atoms with Crippen LogP contribution in [0.1, 0.15) is 31.7 Å². The summed E-state index contributed by atoms with van der Waals surface area (Å²) in [6, 6.07) is 3.71. The molecule has 0 aromatic heterocycles. The fourth-order valence-corrected chi connectivity index (χ4v) is 2.84. The molecule has 1 N–H and O–H groups in total. The van der Waals surface area contributed by atoms with Gasteiger partial charge in [0.2, 0.25) is 5.91 Å². The van der Waals surface area contributed by atoms with E-state index in [1.54, 1.807) is 0 Å². The number of carbonyl (C=O) groups is 1. The van der Waals surface area contributed by atoms with Crippen LogP contribution < -0.4 is 10.2 Å². The highest BCUT2D eigenvalue weighted by Crippen LogP contribution is 2.37. The largest absolute Gasteiger partial charge is 0.416 e. The molecule has 23 heavy (non-hydrogen) atoms. The number of alkyl halides is 3. The second-order valence-electron chi connectivity index (χ2n) is 5.75. The third-order valence-electron chi connectivity index (χ3n) is 3.99. The van der Waals surface area contributed by atoms with Gasteiger partial charge in [0.1, 0.15) is 6.61 Å². The summed E-state index contributed by atoms with van der Waals surface area (Å²) < 4.78 is 43.6. The van der Waals surface area contributed by atoms with Crippen LogP contribution in [0, 0.1) is 0 Å². The Hall–Kier alpha value is -1.76. The van der Waals surface area contributed by atoms with Crippen molar-refractivity contribution in [3.63, 3.8) is 0 Å². The van der Waals surface area contributed by atoms with E-state index in [0.717, 1.165) is 37.9 Å². The van der Waals surface area contributed by atoms with Crippen molar-refractivity contribution in [1.82, 2.24) is 0 Å². The van der Waals surface area contributed by atoms with E-state index in [4.69, 9.17) is 4.74 Å². The van der Waals surface area contributed by atoms with Crippen LogP contribution in [-0.2, 0) is 15.7 Å². The molecule has 0 aliphatic carbocycles. The number of piperidine rings is 1. The highest BCUT2D eigenvalue weighted by atomic mass is 19.4. The Morgan fingerprint density at radius 2 is 2.13 bits per heavy atom. The molecule has 1 atom stereocenters. The molecule has 0 radical (unpaired) electrons. The lowest BCUT2D eigenvalue weighted by Gasteiger charge is -2.36. The second-order valence-corrected chi connectivity index (χ2v) is 5.75. The Kier molecular flexibility index (Phi) is 5.51. The van der Waals surface area contributed by atoms with Crippen molar-refractivity contribution in [2.75, 3.05) is 30.5 Å². The Morgan fingerprint density at radius 3 is 2.74 bits per heavy atom. The predicted octanol–water partition coefficient (Wildman–Crippen LogP) is 3.67. The number of hydrogen-bond donors (Lipinski definition) is 1. The van der Waals surface area contributed by atoms with Crippen LogP contribution in [0.2, 0.25) is 0 Å². The van der Waals surface area contributed by atoms with Gasteiger partial charge in [-0.25, -0.2) is 0 Å². The summed E-state index contributed by atoms with van der Waals surface area (Å²) in [7, 11) is 1.36. The van der Waals surface area contributed by atoms with Gasteiger partial charge in [-0.1, -0.05) is 0 Å². The maximum Gasteiger partial charge on any atom is 0.416 e. The first-order valence-corrected chi connectivity index (χ1v) is 7.59. The van der Waals surface area contributed by atoms with Crippen molar-refractivity contribution in [3.05, 3.63) is 23.8 Å². The maximum absolute atomic E-state index is 13.0. The van der Waals surface area contributed by atoms with Gasteiger partial charge in [-0.05, 0) is 44.4 Å². The van der Waals surface area contributed by atoms with E-state index in [2.05, 4.69) is 5.32 Å². The van der Waals surface area contributed by atoms with Crippen LogP contribution in [-0.4, -0.2) is 32.2 Å². The summed E-state index contributed by atoms with van der Waals surface area (Å²) in [5.41, 5.74) is 0.0175. The molecule has 128 valence electrons. The first-order valence-electron chi connectivity index (χ1n) is 7.59. The predicted molar refractivity (Wildman–Crippen MR) is 82.6 cm³/mol. The Labute approximate surface area is 133 Å². The molecule has 1 heterocycles. The van der Waals surface area contributed by atoms with Gasteiger partial charge in [0, 0.05) is 19.7 Å².